The molecule has 2 N–H and O–H groups in total. The molecule has 1 aliphatic rings. The molecule has 1 heterocycles. The molecule has 0 unspecified atom stereocenters. The van der Waals surface area contributed by atoms with Crippen LogP contribution in [0, 0.1) is 0 Å². The lowest BCUT2D eigenvalue weighted by Gasteiger charge is -2.26. The zero-order valence-corrected chi connectivity index (χ0v) is 19.6. The second-order valence-electron chi connectivity index (χ2n) is 7.44. The normalized spacial score (nSPS) is 12.7. The summed E-state index contributed by atoms with van der Waals surface area (Å²) in [5, 5.41) is 5.50. The van der Waals surface area contributed by atoms with E-state index < -0.39 is 22.5 Å². The van der Waals surface area contributed by atoms with E-state index in [2.05, 4.69) is 10.6 Å². The lowest BCUT2D eigenvalue weighted by molar-refractivity contribution is -0.114. The number of hydrogen-bond acceptors (Lipinski definition) is 6. The fraction of sp³-hybridized carbons (Fsp3) is 0.391. The number of nitrogens with one attached hydrogen (secondary N) is 2. The van der Waals surface area contributed by atoms with Gasteiger partial charge in [0, 0.05) is 12.6 Å². The van der Waals surface area contributed by atoms with Crippen LogP contribution >= 0.6 is 0 Å². The molecule has 33 heavy (non-hydrogen) atoms. The molecule has 0 saturated carbocycles. The number of carbonyl (C=O) groups excluding carboxylic acids is 2. The van der Waals surface area contributed by atoms with Crippen LogP contribution in [0.25, 0.3) is 0 Å². The number of anilines is 2. The van der Waals surface area contributed by atoms with Crippen LogP contribution in [0.3, 0.4) is 0 Å². The fourth-order valence-electron chi connectivity index (χ4n) is 3.28. The zero-order chi connectivity index (χ0) is 23.8. The van der Waals surface area contributed by atoms with Gasteiger partial charge in [0.1, 0.15) is 19.8 Å². The van der Waals surface area contributed by atoms with Crippen molar-refractivity contribution in [2.24, 2.45) is 0 Å². The highest BCUT2D eigenvalue weighted by Gasteiger charge is 2.26. The Morgan fingerprint density at radius 1 is 1.03 bits per heavy atom. The highest BCUT2D eigenvalue weighted by Crippen LogP contribution is 2.34. The third-order valence-electron chi connectivity index (χ3n) is 5.06. The third-order valence-corrected chi connectivity index (χ3v) is 6.80. The highest BCUT2D eigenvalue weighted by atomic mass is 32.2. The van der Waals surface area contributed by atoms with E-state index in [-0.39, 0.29) is 11.7 Å². The van der Waals surface area contributed by atoms with E-state index in [1.165, 1.54) is 6.92 Å². The summed E-state index contributed by atoms with van der Waals surface area (Å²) in [6.07, 6.45) is 1.79. The highest BCUT2D eigenvalue weighted by molar-refractivity contribution is 7.92. The summed E-state index contributed by atoms with van der Waals surface area (Å²) in [7, 11) is -3.77. The van der Waals surface area contributed by atoms with Crippen molar-refractivity contribution in [3.8, 4) is 11.5 Å². The summed E-state index contributed by atoms with van der Waals surface area (Å²) in [4.78, 5) is 25.4. The molecule has 0 aromatic heterocycles. The van der Waals surface area contributed by atoms with Crippen LogP contribution in [0.4, 0.5) is 11.4 Å². The topological polar surface area (TPSA) is 114 Å². The van der Waals surface area contributed by atoms with Gasteiger partial charge in [-0.2, -0.15) is 0 Å². The van der Waals surface area contributed by atoms with E-state index in [9.17, 15) is 18.0 Å². The maximum absolute atomic E-state index is 12.9. The first-order valence-corrected chi connectivity index (χ1v) is 12.5. The van der Waals surface area contributed by atoms with E-state index in [1.807, 2.05) is 6.92 Å². The summed E-state index contributed by atoms with van der Waals surface area (Å²) >= 11 is 0. The fourth-order valence-corrected chi connectivity index (χ4v) is 4.34. The smallest absolute Gasteiger partial charge is 0.253 e. The van der Waals surface area contributed by atoms with E-state index in [4.69, 9.17) is 9.47 Å². The number of fused-ring (bicyclic) bond motifs is 1. The lowest BCUT2D eigenvalue weighted by Crippen LogP contribution is -2.39. The van der Waals surface area contributed by atoms with Gasteiger partial charge in [-0.1, -0.05) is 25.5 Å². The second kappa shape index (κ2) is 11.0. The number of hydrogen-bond donors (Lipinski definition) is 2. The van der Waals surface area contributed by atoms with Crippen molar-refractivity contribution in [1.29, 1.82) is 0 Å². The Morgan fingerprint density at radius 2 is 1.76 bits per heavy atom. The Bertz CT molecular complexity index is 1100. The number of ether oxygens (including phenoxy) is 2. The quantitative estimate of drug-likeness (QED) is 0.511. The first-order chi connectivity index (χ1) is 15.9. The Balaban J connectivity index is 1.80. The molecule has 0 fully saturated rings. The molecule has 0 atom stereocenters. The van der Waals surface area contributed by atoms with Gasteiger partial charge < -0.3 is 20.1 Å². The van der Waals surface area contributed by atoms with Crippen LogP contribution in [-0.2, 0) is 14.8 Å². The van der Waals surface area contributed by atoms with Gasteiger partial charge in [-0.05, 0) is 37.6 Å². The molecule has 2 aromatic carbocycles. The van der Waals surface area contributed by atoms with Gasteiger partial charge in [-0.15, -0.1) is 0 Å². The van der Waals surface area contributed by atoms with E-state index in [0.29, 0.717) is 48.2 Å². The van der Waals surface area contributed by atoms with E-state index in [1.54, 1.807) is 42.5 Å². The standard InChI is InChI=1S/C23H29N3O6S/c1-3-5-12-24-23(28)18-8-6-7-9-19(18)25-22(27)16-26(33(29,30)4-2)17-10-11-20-21(15-17)32-14-13-31-20/h6-11,15H,3-5,12-14,16H2,1-2H3,(H,24,28)(H,25,27). The molecular weight excluding hydrogens is 446 g/mol. The summed E-state index contributed by atoms with van der Waals surface area (Å²) in [6, 6.07) is 11.4. The van der Waals surface area contributed by atoms with Crippen molar-refractivity contribution in [2.45, 2.75) is 26.7 Å². The molecule has 0 bridgehead atoms. The molecule has 3 rings (SSSR count). The molecular formula is C23H29N3O6S. The van der Waals surface area contributed by atoms with E-state index >= 15 is 0 Å². The minimum Gasteiger partial charge on any atom is -0.486 e. The predicted octanol–water partition coefficient (Wildman–Crippen LogP) is 2.78. The Morgan fingerprint density at radius 3 is 2.48 bits per heavy atom. The summed E-state index contributed by atoms with van der Waals surface area (Å²) < 4.78 is 37.7. The first kappa shape index (κ1) is 24.4. The Hall–Kier alpha value is -3.27. The second-order valence-corrected chi connectivity index (χ2v) is 9.62. The zero-order valence-electron chi connectivity index (χ0n) is 18.8. The van der Waals surface area contributed by atoms with Crippen molar-refractivity contribution in [1.82, 2.24) is 5.32 Å². The van der Waals surface area contributed by atoms with E-state index in [0.717, 1.165) is 17.1 Å². The number of rotatable bonds is 10. The minimum atomic E-state index is -3.77. The molecule has 0 radical (unpaired) electrons. The van der Waals surface area contributed by atoms with Crippen molar-refractivity contribution in [2.75, 3.05) is 41.7 Å². The Kier molecular flexibility index (Phi) is 8.16. The van der Waals surface area contributed by atoms with Crippen LogP contribution in [0.1, 0.15) is 37.0 Å². The predicted molar refractivity (Wildman–Crippen MR) is 127 cm³/mol. The summed E-state index contributed by atoms with van der Waals surface area (Å²) in [5.41, 5.74) is 0.917. The molecule has 10 heteroatoms. The van der Waals surface area contributed by atoms with Crippen molar-refractivity contribution in [3.63, 3.8) is 0 Å². The molecule has 9 nitrogen and oxygen atoms in total. The van der Waals surface area contributed by atoms with Gasteiger partial charge in [0.15, 0.2) is 11.5 Å². The number of unbranched alkanes of at least 4 members (excludes halogenated alkanes) is 1. The van der Waals surface area contributed by atoms with Crippen LogP contribution < -0.4 is 24.4 Å². The number of nitrogens with zero attached hydrogens (tertiary/aromatic N) is 1. The number of amides is 2. The Labute approximate surface area is 194 Å². The van der Waals surface area contributed by atoms with Crippen molar-refractivity contribution >= 4 is 33.2 Å². The average Bonchev–Trinajstić information content (AvgIpc) is 2.82. The SMILES string of the molecule is CCCCNC(=O)c1ccccc1NC(=O)CN(c1ccc2c(c1)OCCO2)S(=O)(=O)CC. The van der Waals surface area contributed by atoms with Crippen LogP contribution in [0.15, 0.2) is 42.5 Å². The molecule has 2 aromatic rings. The first-order valence-electron chi connectivity index (χ1n) is 10.9. The van der Waals surface area contributed by atoms with Crippen LogP contribution in [0.2, 0.25) is 0 Å². The van der Waals surface area contributed by atoms with Crippen LogP contribution in [-0.4, -0.2) is 52.3 Å². The van der Waals surface area contributed by atoms with Crippen molar-refractivity contribution < 1.29 is 27.5 Å². The molecule has 1 aliphatic heterocycles. The van der Waals surface area contributed by atoms with Gasteiger partial charge in [0.2, 0.25) is 15.9 Å². The summed E-state index contributed by atoms with van der Waals surface area (Å²) in [5.74, 6) is -0.124. The molecule has 2 amide bonds. The number of carbonyl (C=O) groups is 2. The number of para-hydroxylation sites is 1. The lowest BCUT2D eigenvalue weighted by atomic mass is 10.1. The molecule has 0 saturated heterocycles. The molecule has 0 aliphatic carbocycles. The monoisotopic (exact) mass is 475 g/mol. The van der Waals surface area contributed by atoms with Gasteiger partial charge >= 0.3 is 0 Å². The number of sulfonamides is 1. The van der Waals surface area contributed by atoms with Crippen LogP contribution in [0.5, 0.6) is 11.5 Å². The van der Waals surface area contributed by atoms with Gasteiger partial charge in [0.25, 0.3) is 5.91 Å². The number of benzene rings is 2. The van der Waals surface area contributed by atoms with Gasteiger partial charge in [0.05, 0.1) is 22.7 Å². The largest absolute Gasteiger partial charge is 0.486 e. The van der Waals surface area contributed by atoms with Gasteiger partial charge in [-0.3, -0.25) is 13.9 Å². The third kappa shape index (κ3) is 6.16. The maximum atomic E-state index is 12.9. The van der Waals surface area contributed by atoms with Gasteiger partial charge in [-0.25, -0.2) is 8.42 Å². The molecule has 178 valence electrons. The van der Waals surface area contributed by atoms with Crippen molar-refractivity contribution in [3.05, 3.63) is 48.0 Å². The molecule has 0 spiro atoms. The average molecular weight is 476 g/mol. The maximum Gasteiger partial charge on any atom is 0.253 e. The summed E-state index contributed by atoms with van der Waals surface area (Å²) in [6.45, 7) is 4.38. The minimum absolute atomic E-state index is 0.189.